The van der Waals surface area contributed by atoms with Gasteiger partial charge in [-0.2, -0.15) is 0 Å². The molecule has 11 nitrogen and oxygen atoms in total. The standard InChI is InChI=1S/C17H17N3O8/c1-6(21)19-8-5-10(28-3)9(27-2)4-7(8)11-12(16(23)24)14(18)20-15(22)13(11)17(25)26/h4-5H,1-3H3,(H,19,21)(H,23,24)(H,25,26)(H3,18,20,22). The number of nitrogens with one attached hydrogen (secondary N) is 2. The number of methoxy groups -OCH3 is 2. The Morgan fingerprint density at radius 2 is 1.57 bits per heavy atom. The van der Waals surface area contributed by atoms with E-state index in [1.165, 1.54) is 33.3 Å². The number of anilines is 2. The number of benzene rings is 1. The summed E-state index contributed by atoms with van der Waals surface area (Å²) in [7, 11) is 2.65. The molecule has 0 aliphatic rings. The molecular formula is C17H17N3O8. The second-order valence-electron chi connectivity index (χ2n) is 5.54. The lowest BCUT2D eigenvalue weighted by Crippen LogP contribution is -2.24. The van der Waals surface area contributed by atoms with E-state index in [0.717, 1.165) is 0 Å². The van der Waals surface area contributed by atoms with Crippen molar-refractivity contribution < 1.29 is 34.1 Å². The number of carbonyl (C=O) groups excluding carboxylic acids is 1. The van der Waals surface area contributed by atoms with Crippen LogP contribution >= 0.6 is 0 Å². The fourth-order valence-electron chi connectivity index (χ4n) is 2.69. The third kappa shape index (κ3) is 3.58. The summed E-state index contributed by atoms with van der Waals surface area (Å²) in [5.74, 6) is -4.03. The molecule has 1 aromatic heterocycles. The van der Waals surface area contributed by atoms with Gasteiger partial charge in [0.2, 0.25) is 5.91 Å². The Kier molecular flexibility index (Phi) is 5.58. The van der Waals surface area contributed by atoms with Gasteiger partial charge in [-0.25, -0.2) is 9.59 Å². The highest BCUT2D eigenvalue weighted by molar-refractivity contribution is 6.10. The predicted octanol–water partition coefficient (Wildman–Crippen LogP) is 0.996. The number of hydrogen-bond acceptors (Lipinski definition) is 7. The maximum absolute atomic E-state index is 12.2. The van der Waals surface area contributed by atoms with Crippen LogP contribution < -0.4 is 26.1 Å². The van der Waals surface area contributed by atoms with Gasteiger partial charge in [-0.15, -0.1) is 0 Å². The van der Waals surface area contributed by atoms with Gasteiger partial charge in [0.1, 0.15) is 16.9 Å². The van der Waals surface area contributed by atoms with Crippen molar-refractivity contribution in [2.45, 2.75) is 6.92 Å². The van der Waals surface area contributed by atoms with Crippen molar-refractivity contribution in [2.24, 2.45) is 0 Å². The quantitative estimate of drug-likeness (QED) is 0.479. The van der Waals surface area contributed by atoms with E-state index in [-0.39, 0.29) is 22.7 Å². The van der Waals surface area contributed by atoms with Gasteiger partial charge in [0.15, 0.2) is 11.5 Å². The van der Waals surface area contributed by atoms with Gasteiger partial charge in [-0.3, -0.25) is 9.59 Å². The number of ether oxygens (including phenoxy) is 2. The summed E-state index contributed by atoms with van der Waals surface area (Å²) < 4.78 is 10.3. The third-order valence-corrected chi connectivity index (χ3v) is 3.78. The Hall–Kier alpha value is -4.02. The SMILES string of the molecule is COc1cc(NC(C)=O)c(-c2c(C(=O)O)c(N)[nH]c(=O)c2C(=O)O)cc1OC. The van der Waals surface area contributed by atoms with Gasteiger partial charge < -0.3 is 35.7 Å². The van der Waals surface area contributed by atoms with Gasteiger partial charge in [0, 0.05) is 24.1 Å². The fraction of sp³-hybridized carbons (Fsp3) is 0.176. The van der Waals surface area contributed by atoms with Crippen molar-refractivity contribution >= 4 is 29.4 Å². The normalized spacial score (nSPS) is 10.2. The number of hydrogen-bond donors (Lipinski definition) is 5. The van der Waals surface area contributed by atoms with Crippen LogP contribution in [0.1, 0.15) is 27.6 Å². The molecule has 0 saturated carbocycles. The van der Waals surface area contributed by atoms with Crippen LogP contribution in [0, 0.1) is 0 Å². The van der Waals surface area contributed by atoms with E-state index >= 15 is 0 Å². The highest BCUT2D eigenvalue weighted by atomic mass is 16.5. The van der Waals surface area contributed by atoms with Crippen LogP contribution in [0.4, 0.5) is 11.5 Å². The lowest BCUT2D eigenvalue weighted by molar-refractivity contribution is -0.114. The molecule has 0 atom stereocenters. The second-order valence-corrected chi connectivity index (χ2v) is 5.54. The van der Waals surface area contributed by atoms with Crippen LogP contribution in [0.3, 0.4) is 0 Å². The van der Waals surface area contributed by atoms with Crippen LogP contribution in [-0.4, -0.2) is 47.3 Å². The first-order chi connectivity index (χ1) is 13.1. The van der Waals surface area contributed by atoms with E-state index in [1.54, 1.807) is 0 Å². The molecule has 0 unspecified atom stereocenters. The maximum Gasteiger partial charge on any atom is 0.342 e. The molecule has 0 aliphatic carbocycles. The van der Waals surface area contributed by atoms with Gasteiger partial charge >= 0.3 is 11.9 Å². The van der Waals surface area contributed by atoms with Gasteiger partial charge in [0.05, 0.1) is 19.9 Å². The van der Waals surface area contributed by atoms with Crippen molar-refractivity contribution in [3.05, 3.63) is 33.6 Å². The summed E-state index contributed by atoms with van der Waals surface area (Å²) >= 11 is 0. The van der Waals surface area contributed by atoms with E-state index in [4.69, 9.17) is 15.2 Å². The zero-order valence-electron chi connectivity index (χ0n) is 15.1. The molecule has 6 N–H and O–H groups in total. The summed E-state index contributed by atoms with van der Waals surface area (Å²) in [5, 5.41) is 21.5. The molecule has 0 spiro atoms. The lowest BCUT2D eigenvalue weighted by atomic mass is 9.93. The van der Waals surface area contributed by atoms with E-state index in [2.05, 4.69) is 5.32 Å². The Bertz CT molecular complexity index is 1040. The molecule has 1 aromatic carbocycles. The van der Waals surface area contributed by atoms with Gasteiger partial charge in [0.25, 0.3) is 5.56 Å². The number of aromatic nitrogens is 1. The molecule has 1 amide bonds. The maximum atomic E-state index is 12.2. The average molecular weight is 391 g/mol. The molecule has 2 aromatic rings. The monoisotopic (exact) mass is 391 g/mol. The molecule has 0 bridgehead atoms. The summed E-state index contributed by atoms with van der Waals surface area (Å²) in [6.45, 7) is 1.20. The van der Waals surface area contributed by atoms with Crippen LogP contribution in [0.5, 0.6) is 11.5 Å². The molecule has 148 valence electrons. The minimum Gasteiger partial charge on any atom is -0.493 e. The van der Waals surface area contributed by atoms with Gasteiger partial charge in [-0.05, 0) is 6.07 Å². The number of aromatic carboxylic acids is 2. The van der Waals surface area contributed by atoms with E-state index < -0.39 is 45.9 Å². The molecule has 28 heavy (non-hydrogen) atoms. The van der Waals surface area contributed by atoms with Crippen molar-refractivity contribution in [1.29, 1.82) is 0 Å². The minimum atomic E-state index is -1.68. The zero-order valence-corrected chi connectivity index (χ0v) is 15.1. The number of carbonyl (C=O) groups is 3. The number of H-pyrrole nitrogens is 1. The summed E-state index contributed by atoms with van der Waals surface area (Å²) in [5.41, 5.74) is 2.46. The first-order valence-electron chi connectivity index (χ1n) is 7.68. The van der Waals surface area contributed by atoms with Crippen LogP contribution in [-0.2, 0) is 4.79 Å². The number of amides is 1. The lowest BCUT2D eigenvalue weighted by Gasteiger charge is -2.18. The van der Waals surface area contributed by atoms with Crippen molar-refractivity contribution in [3.8, 4) is 22.6 Å². The van der Waals surface area contributed by atoms with Crippen molar-refractivity contribution in [2.75, 3.05) is 25.3 Å². The number of nitrogens with two attached hydrogens (primary N) is 1. The van der Waals surface area contributed by atoms with E-state index in [0.29, 0.717) is 0 Å². The van der Waals surface area contributed by atoms with E-state index in [9.17, 15) is 29.4 Å². The highest BCUT2D eigenvalue weighted by Crippen LogP contribution is 2.41. The molecule has 0 aliphatic heterocycles. The molecular weight excluding hydrogens is 374 g/mol. The predicted molar refractivity (Wildman–Crippen MR) is 98.2 cm³/mol. The smallest absolute Gasteiger partial charge is 0.342 e. The van der Waals surface area contributed by atoms with Crippen LogP contribution in [0.15, 0.2) is 16.9 Å². The number of nitrogen functional groups attached to an aromatic ring is 1. The Morgan fingerprint density at radius 1 is 1.04 bits per heavy atom. The largest absolute Gasteiger partial charge is 0.493 e. The van der Waals surface area contributed by atoms with Crippen molar-refractivity contribution in [3.63, 3.8) is 0 Å². The average Bonchev–Trinajstić information content (AvgIpc) is 2.59. The second kappa shape index (κ2) is 7.70. The molecule has 2 rings (SSSR count). The molecule has 0 fully saturated rings. The Labute approximate surface area is 157 Å². The summed E-state index contributed by atoms with van der Waals surface area (Å²) in [6.07, 6.45) is 0. The number of aromatic amines is 1. The zero-order chi connectivity index (χ0) is 21.2. The number of carboxylic acid groups (broad SMARTS) is 2. The molecule has 0 saturated heterocycles. The Balaban J connectivity index is 3.09. The molecule has 0 radical (unpaired) electrons. The number of carboxylic acids is 2. The summed E-state index contributed by atoms with van der Waals surface area (Å²) in [6, 6.07) is 2.56. The number of rotatable bonds is 6. The highest BCUT2D eigenvalue weighted by Gasteiger charge is 2.29. The minimum absolute atomic E-state index is 0.000139. The number of pyridine rings is 1. The fourth-order valence-corrected chi connectivity index (χ4v) is 2.69. The molecule has 11 heteroatoms. The first kappa shape index (κ1) is 20.3. The van der Waals surface area contributed by atoms with Crippen LogP contribution in [0.25, 0.3) is 11.1 Å². The Morgan fingerprint density at radius 3 is 2.04 bits per heavy atom. The first-order valence-corrected chi connectivity index (χ1v) is 7.68. The molecule has 1 heterocycles. The van der Waals surface area contributed by atoms with E-state index in [1.807, 2.05) is 4.98 Å². The topological polar surface area (TPSA) is 181 Å². The van der Waals surface area contributed by atoms with Crippen molar-refractivity contribution in [1.82, 2.24) is 4.98 Å². The summed E-state index contributed by atoms with van der Waals surface area (Å²) in [4.78, 5) is 49.3. The third-order valence-electron chi connectivity index (χ3n) is 3.78. The van der Waals surface area contributed by atoms with Crippen LogP contribution in [0.2, 0.25) is 0 Å². The van der Waals surface area contributed by atoms with Gasteiger partial charge in [-0.1, -0.05) is 0 Å².